The van der Waals surface area contributed by atoms with Gasteiger partial charge in [-0.1, -0.05) is 6.07 Å². The predicted octanol–water partition coefficient (Wildman–Crippen LogP) is 3.73. The maximum absolute atomic E-state index is 11.6. The van der Waals surface area contributed by atoms with E-state index in [0.29, 0.717) is 18.7 Å². The van der Waals surface area contributed by atoms with Gasteiger partial charge in [0, 0.05) is 12.5 Å². The van der Waals surface area contributed by atoms with Gasteiger partial charge < -0.3 is 9.47 Å². The summed E-state index contributed by atoms with van der Waals surface area (Å²) in [6.07, 6.45) is 0.851. The third-order valence-corrected chi connectivity index (χ3v) is 2.63. The smallest absolute Gasteiger partial charge is 0.306 e. The average molecular weight is 330 g/mol. The highest BCUT2D eigenvalue weighted by atomic mass is 79.9. The van der Waals surface area contributed by atoms with Gasteiger partial charge in [0.15, 0.2) is 0 Å². The topological polar surface area (TPSA) is 48.4 Å². The highest BCUT2D eigenvalue weighted by Gasteiger charge is 2.17. The fourth-order valence-electron chi connectivity index (χ4n) is 1.43. The third kappa shape index (κ3) is 7.15. The molecule has 0 bridgehead atoms. The number of pyridine rings is 1. The molecule has 0 saturated heterocycles. The van der Waals surface area contributed by atoms with E-state index in [2.05, 4.69) is 20.9 Å². The summed E-state index contributed by atoms with van der Waals surface area (Å²) in [7, 11) is 0. The van der Waals surface area contributed by atoms with E-state index >= 15 is 0 Å². The molecular weight excluding hydrogens is 310 g/mol. The van der Waals surface area contributed by atoms with Crippen LogP contribution in [0.15, 0.2) is 22.8 Å². The standard InChI is InChI=1S/C14H20BrNO3/c1-10(8-9-13(17)19-14(2,3)4)18-12-7-5-6-11(15)16-12/h5-7,10H,8-9H2,1-4H3. The second kappa shape index (κ2) is 6.89. The summed E-state index contributed by atoms with van der Waals surface area (Å²) in [6, 6.07) is 5.47. The molecule has 106 valence electrons. The van der Waals surface area contributed by atoms with Crippen LogP contribution in [-0.2, 0) is 9.53 Å². The first-order valence-electron chi connectivity index (χ1n) is 6.27. The number of carbonyl (C=O) groups excluding carboxylic acids is 1. The molecule has 0 amide bonds. The fourth-order valence-corrected chi connectivity index (χ4v) is 1.76. The molecule has 1 unspecified atom stereocenters. The molecule has 1 atom stereocenters. The Morgan fingerprint density at radius 2 is 2.11 bits per heavy atom. The summed E-state index contributed by atoms with van der Waals surface area (Å²) in [6.45, 7) is 7.48. The lowest BCUT2D eigenvalue weighted by molar-refractivity contribution is -0.155. The lowest BCUT2D eigenvalue weighted by atomic mass is 10.2. The van der Waals surface area contributed by atoms with Gasteiger partial charge in [0.2, 0.25) is 5.88 Å². The molecule has 4 nitrogen and oxygen atoms in total. The van der Waals surface area contributed by atoms with Crippen LogP contribution in [0.25, 0.3) is 0 Å². The number of hydrogen-bond acceptors (Lipinski definition) is 4. The van der Waals surface area contributed by atoms with Crippen molar-refractivity contribution in [2.75, 3.05) is 0 Å². The number of halogens is 1. The van der Waals surface area contributed by atoms with Gasteiger partial charge in [0.05, 0.1) is 6.10 Å². The second-order valence-corrected chi connectivity index (χ2v) is 6.16. The van der Waals surface area contributed by atoms with Crippen LogP contribution in [0.5, 0.6) is 5.88 Å². The number of hydrogen-bond donors (Lipinski definition) is 0. The van der Waals surface area contributed by atoms with E-state index in [9.17, 15) is 4.79 Å². The number of aromatic nitrogens is 1. The Bertz CT molecular complexity index is 429. The maximum Gasteiger partial charge on any atom is 0.306 e. The summed E-state index contributed by atoms with van der Waals surface area (Å²) >= 11 is 3.28. The van der Waals surface area contributed by atoms with Gasteiger partial charge in [-0.05, 0) is 56.1 Å². The third-order valence-electron chi connectivity index (χ3n) is 2.19. The van der Waals surface area contributed by atoms with Crippen molar-refractivity contribution in [2.45, 2.75) is 52.2 Å². The van der Waals surface area contributed by atoms with E-state index in [0.717, 1.165) is 4.60 Å². The molecule has 0 N–H and O–H groups in total. The molecule has 1 heterocycles. The van der Waals surface area contributed by atoms with Crippen LogP contribution >= 0.6 is 15.9 Å². The molecule has 0 aliphatic heterocycles. The minimum atomic E-state index is -0.437. The minimum absolute atomic E-state index is 0.0886. The first kappa shape index (κ1) is 16.0. The Labute approximate surface area is 122 Å². The molecular formula is C14H20BrNO3. The molecule has 0 saturated carbocycles. The number of nitrogens with zero attached hydrogens (tertiary/aromatic N) is 1. The SMILES string of the molecule is CC(CCC(=O)OC(C)(C)C)Oc1cccc(Br)n1. The normalized spacial score (nSPS) is 12.9. The maximum atomic E-state index is 11.6. The summed E-state index contributed by atoms with van der Waals surface area (Å²) in [5, 5.41) is 0. The molecule has 1 rings (SSSR count). The van der Waals surface area contributed by atoms with Gasteiger partial charge in [-0.15, -0.1) is 0 Å². The van der Waals surface area contributed by atoms with E-state index in [1.807, 2.05) is 39.8 Å². The fraction of sp³-hybridized carbons (Fsp3) is 0.571. The van der Waals surface area contributed by atoms with Crippen LogP contribution in [0.1, 0.15) is 40.5 Å². The van der Waals surface area contributed by atoms with Gasteiger partial charge in [-0.3, -0.25) is 4.79 Å². The van der Waals surface area contributed by atoms with Crippen molar-refractivity contribution in [1.82, 2.24) is 4.98 Å². The average Bonchev–Trinajstić information content (AvgIpc) is 2.24. The van der Waals surface area contributed by atoms with E-state index in [1.54, 1.807) is 6.07 Å². The molecule has 1 aromatic rings. The van der Waals surface area contributed by atoms with Crippen molar-refractivity contribution in [3.05, 3.63) is 22.8 Å². The van der Waals surface area contributed by atoms with Crippen molar-refractivity contribution < 1.29 is 14.3 Å². The molecule has 0 fully saturated rings. The molecule has 19 heavy (non-hydrogen) atoms. The Morgan fingerprint density at radius 1 is 1.42 bits per heavy atom. The molecule has 0 aliphatic rings. The van der Waals surface area contributed by atoms with Crippen LogP contribution < -0.4 is 4.74 Å². The summed E-state index contributed by atoms with van der Waals surface area (Å²) in [5.41, 5.74) is -0.437. The highest BCUT2D eigenvalue weighted by Crippen LogP contribution is 2.16. The monoisotopic (exact) mass is 329 g/mol. The summed E-state index contributed by atoms with van der Waals surface area (Å²) < 4.78 is 11.6. The van der Waals surface area contributed by atoms with Crippen molar-refractivity contribution >= 4 is 21.9 Å². The van der Waals surface area contributed by atoms with Crippen molar-refractivity contribution in [2.24, 2.45) is 0 Å². The Balaban J connectivity index is 2.36. The quantitative estimate of drug-likeness (QED) is 0.610. The van der Waals surface area contributed by atoms with Crippen LogP contribution in [0.2, 0.25) is 0 Å². The molecule has 0 spiro atoms. The second-order valence-electron chi connectivity index (χ2n) is 5.35. The molecule has 5 heteroatoms. The minimum Gasteiger partial charge on any atom is -0.475 e. The van der Waals surface area contributed by atoms with Gasteiger partial charge in [0.25, 0.3) is 0 Å². The van der Waals surface area contributed by atoms with E-state index in [-0.39, 0.29) is 12.1 Å². The Kier molecular flexibility index (Phi) is 5.79. The van der Waals surface area contributed by atoms with Crippen LogP contribution in [0.3, 0.4) is 0 Å². The van der Waals surface area contributed by atoms with Crippen molar-refractivity contribution in [1.29, 1.82) is 0 Å². The number of ether oxygens (including phenoxy) is 2. The first-order chi connectivity index (χ1) is 8.76. The Hall–Kier alpha value is -1.10. The van der Waals surface area contributed by atoms with Crippen molar-refractivity contribution in [3.8, 4) is 5.88 Å². The number of rotatable bonds is 5. The Morgan fingerprint density at radius 3 is 2.68 bits per heavy atom. The van der Waals surface area contributed by atoms with Gasteiger partial charge in [-0.25, -0.2) is 4.98 Å². The number of carbonyl (C=O) groups is 1. The van der Waals surface area contributed by atoms with Crippen LogP contribution in [0.4, 0.5) is 0 Å². The van der Waals surface area contributed by atoms with Gasteiger partial charge in [-0.2, -0.15) is 0 Å². The van der Waals surface area contributed by atoms with Gasteiger partial charge in [0.1, 0.15) is 10.2 Å². The van der Waals surface area contributed by atoms with E-state index in [4.69, 9.17) is 9.47 Å². The zero-order valence-corrected chi connectivity index (χ0v) is 13.4. The zero-order chi connectivity index (χ0) is 14.5. The summed E-state index contributed by atoms with van der Waals surface area (Å²) in [4.78, 5) is 15.7. The molecule has 0 aliphatic carbocycles. The largest absolute Gasteiger partial charge is 0.475 e. The number of esters is 1. The predicted molar refractivity (Wildman–Crippen MR) is 77.1 cm³/mol. The highest BCUT2D eigenvalue weighted by molar-refractivity contribution is 9.10. The van der Waals surface area contributed by atoms with Gasteiger partial charge >= 0.3 is 5.97 Å². The van der Waals surface area contributed by atoms with Crippen molar-refractivity contribution in [3.63, 3.8) is 0 Å². The van der Waals surface area contributed by atoms with Crippen LogP contribution in [-0.4, -0.2) is 22.7 Å². The van der Waals surface area contributed by atoms with Crippen LogP contribution in [0, 0.1) is 0 Å². The summed E-state index contributed by atoms with van der Waals surface area (Å²) in [5.74, 6) is 0.344. The lowest BCUT2D eigenvalue weighted by Gasteiger charge is -2.20. The first-order valence-corrected chi connectivity index (χ1v) is 7.06. The lowest BCUT2D eigenvalue weighted by Crippen LogP contribution is -2.25. The van der Waals surface area contributed by atoms with E-state index < -0.39 is 5.60 Å². The molecule has 0 aromatic carbocycles. The molecule has 0 radical (unpaired) electrons. The zero-order valence-electron chi connectivity index (χ0n) is 11.8. The molecule has 1 aromatic heterocycles. The van der Waals surface area contributed by atoms with E-state index in [1.165, 1.54) is 0 Å².